The molecule has 12 heteroatoms. The van der Waals surface area contributed by atoms with Crippen molar-refractivity contribution in [3.05, 3.63) is 123 Å². The van der Waals surface area contributed by atoms with Crippen LogP contribution in [0.1, 0.15) is 11.1 Å². The van der Waals surface area contributed by atoms with Crippen molar-refractivity contribution in [3.63, 3.8) is 0 Å². The van der Waals surface area contributed by atoms with Gasteiger partial charge in [-0.15, -0.1) is 0 Å². The molecule has 0 aliphatic heterocycles. The Balaban J connectivity index is 1.50. The van der Waals surface area contributed by atoms with Gasteiger partial charge in [-0.25, -0.2) is 9.37 Å². The van der Waals surface area contributed by atoms with Crippen LogP contribution >= 0.6 is 11.6 Å². The zero-order valence-electron chi connectivity index (χ0n) is 21.4. The van der Waals surface area contributed by atoms with E-state index in [9.17, 15) is 27.2 Å². The SMILES string of the molecule is O=C(COc1ccc(Cl)cc1C=Nn1c(-c2cccc(C(F)(F)F)c2)nc2ccccc2c1=O)Nc1cccc(F)c1. The number of nitrogens with one attached hydrogen (secondary N) is 1. The molecule has 0 unspecified atom stereocenters. The average Bonchev–Trinajstić information content (AvgIpc) is 2.96. The van der Waals surface area contributed by atoms with E-state index in [0.717, 1.165) is 22.9 Å². The number of benzene rings is 4. The summed E-state index contributed by atoms with van der Waals surface area (Å²) in [6, 6.07) is 20.6. The second kappa shape index (κ2) is 11.8. The third-order valence-electron chi connectivity index (χ3n) is 5.95. The molecule has 5 aromatic rings. The van der Waals surface area contributed by atoms with E-state index in [1.54, 1.807) is 18.2 Å². The molecule has 0 atom stereocenters. The summed E-state index contributed by atoms with van der Waals surface area (Å²) < 4.78 is 60.3. The summed E-state index contributed by atoms with van der Waals surface area (Å²) in [4.78, 5) is 30.2. The number of carbonyl (C=O) groups is 1. The molecule has 1 heterocycles. The zero-order valence-corrected chi connectivity index (χ0v) is 22.2. The van der Waals surface area contributed by atoms with E-state index in [0.29, 0.717) is 0 Å². The Morgan fingerprint density at radius 1 is 1.00 bits per heavy atom. The maximum Gasteiger partial charge on any atom is 0.416 e. The van der Waals surface area contributed by atoms with Crippen LogP contribution in [0.4, 0.5) is 23.2 Å². The molecule has 5 rings (SSSR count). The molecule has 0 radical (unpaired) electrons. The highest BCUT2D eigenvalue weighted by Crippen LogP contribution is 2.32. The van der Waals surface area contributed by atoms with E-state index in [-0.39, 0.29) is 44.3 Å². The van der Waals surface area contributed by atoms with Gasteiger partial charge in [0.05, 0.1) is 22.7 Å². The van der Waals surface area contributed by atoms with Gasteiger partial charge in [-0.3, -0.25) is 9.59 Å². The number of fused-ring (bicyclic) bond motifs is 1. The average molecular weight is 595 g/mol. The molecule has 42 heavy (non-hydrogen) atoms. The minimum absolute atomic E-state index is 0.0152. The fourth-order valence-electron chi connectivity index (χ4n) is 4.03. The normalized spacial score (nSPS) is 11.6. The van der Waals surface area contributed by atoms with Crippen LogP contribution < -0.4 is 15.6 Å². The van der Waals surface area contributed by atoms with Gasteiger partial charge in [0.15, 0.2) is 12.4 Å². The van der Waals surface area contributed by atoms with Crippen LogP contribution in [0.5, 0.6) is 5.75 Å². The number of ether oxygens (including phenoxy) is 1. The monoisotopic (exact) mass is 594 g/mol. The molecule has 0 saturated heterocycles. The third kappa shape index (κ3) is 6.47. The number of halogens is 5. The van der Waals surface area contributed by atoms with Crippen LogP contribution in [-0.4, -0.2) is 28.4 Å². The van der Waals surface area contributed by atoms with Gasteiger partial charge in [-0.2, -0.15) is 22.9 Å². The molecule has 212 valence electrons. The number of anilines is 1. The van der Waals surface area contributed by atoms with Gasteiger partial charge in [0.25, 0.3) is 11.5 Å². The summed E-state index contributed by atoms with van der Waals surface area (Å²) in [6.07, 6.45) is -3.39. The number of aromatic nitrogens is 2. The van der Waals surface area contributed by atoms with Gasteiger partial charge in [-0.05, 0) is 60.7 Å². The highest BCUT2D eigenvalue weighted by atomic mass is 35.5. The van der Waals surface area contributed by atoms with Crippen LogP contribution in [0, 0.1) is 5.82 Å². The minimum Gasteiger partial charge on any atom is -0.483 e. The van der Waals surface area contributed by atoms with Gasteiger partial charge in [0, 0.05) is 21.8 Å². The molecule has 1 amide bonds. The third-order valence-corrected chi connectivity index (χ3v) is 6.19. The van der Waals surface area contributed by atoms with Crippen LogP contribution in [0.15, 0.2) is 101 Å². The van der Waals surface area contributed by atoms with Crippen molar-refractivity contribution in [2.45, 2.75) is 6.18 Å². The van der Waals surface area contributed by atoms with Crippen LogP contribution in [0.2, 0.25) is 5.02 Å². The van der Waals surface area contributed by atoms with Crippen molar-refractivity contribution in [2.75, 3.05) is 11.9 Å². The van der Waals surface area contributed by atoms with E-state index < -0.39 is 35.6 Å². The molecule has 0 bridgehead atoms. The predicted molar refractivity (Wildman–Crippen MR) is 151 cm³/mol. The van der Waals surface area contributed by atoms with Crippen LogP contribution in [-0.2, 0) is 11.0 Å². The smallest absolute Gasteiger partial charge is 0.416 e. The van der Waals surface area contributed by atoms with Gasteiger partial charge < -0.3 is 10.1 Å². The fourth-order valence-corrected chi connectivity index (χ4v) is 4.21. The van der Waals surface area contributed by atoms with E-state index in [2.05, 4.69) is 15.4 Å². The van der Waals surface area contributed by atoms with E-state index in [1.807, 2.05) is 0 Å². The predicted octanol–water partition coefficient (Wildman–Crippen LogP) is 6.77. The van der Waals surface area contributed by atoms with Crippen molar-refractivity contribution >= 4 is 40.3 Å². The van der Waals surface area contributed by atoms with Gasteiger partial charge in [0.1, 0.15) is 11.6 Å². The van der Waals surface area contributed by atoms with Gasteiger partial charge in [-0.1, -0.05) is 41.9 Å². The first-order valence-electron chi connectivity index (χ1n) is 12.3. The Bertz CT molecular complexity index is 1890. The molecular weight excluding hydrogens is 576 g/mol. The van der Waals surface area contributed by atoms with Crippen LogP contribution in [0.3, 0.4) is 0 Å². The lowest BCUT2D eigenvalue weighted by atomic mass is 10.1. The van der Waals surface area contributed by atoms with Gasteiger partial charge in [0.2, 0.25) is 0 Å². The van der Waals surface area contributed by atoms with Crippen molar-refractivity contribution < 1.29 is 27.1 Å². The summed E-state index contributed by atoms with van der Waals surface area (Å²) in [5.41, 5.74) is -0.745. The highest BCUT2D eigenvalue weighted by molar-refractivity contribution is 6.30. The number of alkyl halides is 3. The maximum absolute atomic E-state index is 13.4. The Labute approximate surface area is 240 Å². The molecule has 7 nitrogen and oxygen atoms in total. The van der Waals surface area contributed by atoms with E-state index in [4.69, 9.17) is 16.3 Å². The number of hydrogen-bond acceptors (Lipinski definition) is 5. The molecular formula is C30H19ClF4N4O3. The number of para-hydroxylation sites is 1. The minimum atomic E-state index is -4.62. The Kier molecular flexibility index (Phi) is 8.03. The summed E-state index contributed by atoms with van der Waals surface area (Å²) in [5, 5.41) is 7.25. The lowest BCUT2D eigenvalue weighted by Gasteiger charge is -2.13. The molecule has 0 spiro atoms. The lowest BCUT2D eigenvalue weighted by molar-refractivity contribution is -0.137. The van der Waals surface area contributed by atoms with Crippen molar-refractivity contribution in [2.24, 2.45) is 5.10 Å². The second-order valence-electron chi connectivity index (χ2n) is 8.92. The number of nitrogens with zero attached hydrogens (tertiary/aromatic N) is 3. The summed E-state index contributed by atoms with van der Waals surface area (Å²) >= 11 is 6.16. The summed E-state index contributed by atoms with van der Waals surface area (Å²) in [6.45, 7) is -0.452. The zero-order chi connectivity index (χ0) is 29.9. The number of carbonyl (C=O) groups excluding carboxylic acids is 1. The number of rotatable bonds is 7. The fraction of sp³-hybridized carbons (Fsp3) is 0.0667. The quantitative estimate of drug-likeness (QED) is 0.166. The molecule has 0 aliphatic rings. The Morgan fingerprint density at radius 3 is 2.57 bits per heavy atom. The van der Waals surface area contributed by atoms with Crippen molar-refractivity contribution in [1.82, 2.24) is 9.66 Å². The van der Waals surface area contributed by atoms with E-state index in [1.165, 1.54) is 60.8 Å². The number of amides is 1. The molecule has 0 aliphatic carbocycles. The Morgan fingerprint density at radius 2 is 1.79 bits per heavy atom. The molecule has 0 saturated carbocycles. The molecule has 1 aromatic heterocycles. The highest BCUT2D eigenvalue weighted by Gasteiger charge is 2.31. The molecule has 0 fully saturated rings. The maximum atomic E-state index is 13.4. The first-order chi connectivity index (χ1) is 20.1. The second-order valence-corrected chi connectivity index (χ2v) is 9.36. The van der Waals surface area contributed by atoms with E-state index >= 15 is 0 Å². The first-order valence-corrected chi connectivity index (χ1v) is 12.7. The number of hydrogen-bond donors (Lipinski definition) is 1. The molecule has 1 N–H and O–H groups in total. The Hall–Kier alpha value is -5.03. The topological polar surface area (TPSA) is 85.6 Å². The standard InChI is InChI=1S/C30H19ClF4N4O3/c31-21-11-12-26(42-17-27(40)37-23-8-4-7-22(32)15-23)19(14-21)16-36-39-28(18-5-3-6-20(13-18)30(33,34)35)38-25-10-2-1-9-24(25)29(39)41/h1-16H,17H2,(H,37,40). The van der Waals surface area contributed by atoms with Crippen molar-refractivity contribution in [3.8, 4) is 17.1 Å². The first kappa shape index (κ1) is 28.5. The van der Waals surface area contributed by atoms with Gasteiger partial charge >= 0.3 is 6.18 Å². The summed E-state index contributed by atoms with van der Waals surface area (Å²) in [7, 11) is 0. The van der Waals surface area contributed by atoms with Crippen LogP contribution in [0.25, 0.3) is 22.3 Å². The largest absolute Gasteiger partial charge is 0.483 e. The molecule has 4 aromatic carbocycles. The lowest BCUT2D eigenvalue weighted by Crippen LogP contribution is -2.21. The summed E-state index contributed by atoms with van der Waals surface area (Å²) in [5.74, 6) is -1.05. The van der Waals surface area contributed by atoms with Crippen molar-refractivity contribution in [1.29, 1.82) is 0 Å².